The second-order valence-corrected chi connectivity index (χ2v) is 6.36. The molecule has 0 aliphatic rings. The van der Waals surface area contributed by atoms with Crippen molar-refractivity contribution in [3.8, 4) is 0 Å². The minimum atomic E-state index is -0.352. The lowest BCUT2D eigenvalue weighted by atomic mass is 10.2. The number of amides is 1. The molecule has 24 heavy (non-hydrogen) atoms. The monoisotopic (exact) mass is 366 g/mol. The number of hydrogen-bond donors (Lipinski definition) is 1. The molecule has 0 saturated carbocycles. The molecule has 5 nitrogen and oxygen atoms in total. The highest BCUT2D eigenvalue weighted by Gasteiger charge is 2.14. The third-order valence-corrected chi connectivity index (χ3v) is 4.04. The number of nitrogens with zero attached hydrogens (tertiary/aromatic N) is 3. The SMILES string of the molecule is CCCCN(C)c1cc(C(=O)Nc2cc(Cl)ccc2Cl)nc(C)n1. The van der Waals surface area contributed by atoms with E-state index in [-0.39, 0.29) is 11.6 Å². The quantitative estimate of drug-likeness (QED) is 0.812. The van der Waals surface area contributed by atoms with Gasteiger partial charge in [-0.25, -0.2) is 9.97 Å². The predicted octanol–water partition coefficient (Wildman–Crippen LogP) is 4.58. The van der Waals surface area contributed by atoms with Crippen molar-refractivity contribution in [2.45, 2.75) is 26.7 Å². The summed E-state index contributed by atoms with van der Waals surface area (Å²) in [5, 5.41) is 3.65. The van der Waals surface area contributed by atoms with Gasteiger partial charge in [0.05, 0.1) is 10.7 Å². The van der Waals surface area contributed by atoms with Crippen LogP contribution in [0.1, 0.15) is 36.1 Å². The first-order chi connectivity index (χ1) is 11.4. The first-order valence-corrected chi connectivity index (χ1v) is 8.49. The molecule has 0 saturated heterocycles. The van der Waals surface area contributed by atoms with Gasteiger partial charge in [0.25, 0.3) is 5.91 Å². The molecule has 0 bridgehead atoms. The van der Waals surface area contributed by atoms with E-state index in [1.165, 1.54) is 0 Å². The van der Waals surface area contributed by atoms with Crippen LogP contribution in [0, 0.1) is 6.92 Å². The Kier molecular flexibility index (Phi) is 6.40. The molecule has 1 N–H and O–H groups in total. The van der Waals surface area contributed by atoms with E-state index in [9.17, 15) is 4.79 Å². The summed E-state index contributed by atoms with van der Waals surface area (Å²) in [5.41, 5.74) is 0.739. The van der Waals surface area contributed by atoms with Crippen LogP contribution in [-0.4, -0.2) is 29.5 Å². The zero-order chi connectivity index (χ0) is 17.7. The number of aromatic nitrogens is 2. The number of halogens is 2. The number of nitrogens with one attached hydrogen (secondary N) is 1. The minimum Gasteiger partial charge on any atom is -0.360 e. The van der Waals surface area contributed by atoms with E-state index in [2.05, 4.69) is 22.2 Å². The number of aryl methyl sites for hydroxylation is 1. The summed E-state index contributed by atoms with van der Waals surface area (Å²) in [6.07, 6.45) is 2.15. The van der Waals surface area contributed by atoms with Gasteiger partial charge >= 0.3 is 0 Å². The average Bonchev–Trinajstić information content (AvgIpc) is 2.55. The van der Waals surface area contributed by atoms with Gasteiger partial charge in [0.15, 0.2) is 0 Å². The maximum atomic E-state index is 12.5. The van der Waals surface area contributed by atoms with Gasteiger partial charge < -0.3 is 10.2 Å². The van der Waals surface area contributed by atoms with Gasteiger partial charge in [-0.1, -0.05) is 36.5 Å². The molecule has 0 spiro atoms. The van der Waals surface area contributed by atoms with Crippen LogP contribution in [-0.2, 0) is 0 Å². The minimum absolute atomic E-state index is 0.289. The van der Waals surface area contributed by atoms with Crippen LogP contribution in [0.5, 0.6) is 0 Å². The molecule has 0 fully saturated rings. The molecule has 0 unspecified atom stereocenters. The number of benzene rings is 1. The van der Waals surface area contributed by atoms with Crippen molar-refractivity contribution >= 4 is 40.6 Å². The van der Waals surface area contributed by atoms with Crippen LogP contribution in [0.2, 0.25) is 10.0 Å². The molecule has 128 valence electrons. The molecule has 1 aromatic carbocycles. The summed E-state index contributed by atoms with van der Waals surface area (Å²) >= 11 is 12.0. The zero-order valence-electron chi connectivity index (χ0n) is 13.9. The molecule has 1 aromatic heterocycles. The molecular formula is C17H20Cl2N4O. The molecule has 0 aliphatic carbocycles. The Morgan fingerprint density at radius 2 is 2.00 bits per heavy atom. The lowest BCUT2D eigenvalue weighted by Crippen LogP contribution is -2.22. The van der Waals surface area contributed by atoms with Gasteiger partial charge in [0, 0.05) is 24.7 Å². The van der Waals surface area contributed by atoms with Gasteiger partial charge in [-0.15, -0.1) is 0 Å². The van der Waals surface area contributed by atoms with Crippen molar-refractivity contribution in [1.82, 2.24) is 9.97 Å². The Hall–Kier alpha value is -1.85. The van der Waals surface area contributed by atoms with Gasteiger partial charge in [0.1, 0.15) is 17.3 Å². The van der Waals surface area contributed by atoms with Crippen molar-refractivity contribution in [2.75, 3.05) is 23.8 Å². The van der Waals surface area contributed by atoms with E-state index >= 15 is 0 Å². The average molecular weight is 367 g/mol. The first kappa shape index (κ1) is 18.5. The standard InChI is InChI=1S/C17H20Cl2N4O/c1-4-5-8-23(3)16-10-15(20-11(2)21-16)17(24)22-14-9-12(18)6-7-13(14)19/h6-7,9-10H,4-5,8H2,1-3H3,(H,22,24). The van der Waals surface area contributed by atoms with E-state index in [4.69, 9.17) is 23.2 Å². The summed E-state index contributed by atoms with van der Waals surface area (Å²) in [5.74, 6) is 0.909. The summed E-state index contributed by atoms with van der Waals surface area (Å²) in [6, 6.07) is 6.57. The lowest BCUT2D eigenvalue weighted by molar-refractivity contribution is 0.102. The molecule has 2 aromatic rings. The first-order valence-electron chi connectivity index (χ1n) is 7.74. The molecule has 0 atom stereocenters. The predicted molar refractivity (Wildman–Crippen MR) is 99.4 cm³/mol. The molecule has 0 aliphatic heterocycles. The molecule has 0 radical (unpaired) electrons. The van der Waals surface area contributed by atoms with Crippen LogP contribution in [0.4, 0.5) is 11.5 Å². The summed E-state index contributed by atoms with van der Waals surface area (Å²) < 4.78 is 0. The molecular weight excluding hydrogens is 347 g/mol. The number of rotatable bonds is 6. The van der Waals surface area contributed by atoms with E-state index < -0.39 is 0 Å². The van der Waals surface area contributed by atoms with Crippen molar-refractivity contribution in [2.24, 2.45) is 0 Å². The second-order valence-electron chi connectivity index (χ2n) is 5.51. The highest BCUT2D eigenvalue weighted by molar-refractivity contribution is 6.35. The van der Waals surface area contributed by atoms with Crippen LogP contribution in [0.25, 0.3) is 0 Å². The maximum Gasteiger partial charge on any atom is 0.274 e. The Bertz CT molecular complexity index is 737. The molecule has 7 heteroatoms. The Morgan fingerprint density at radius 3 is 2.71 bits per heavy atom. The summed E-state index contributed by atoms with van der Waals surface area (Å²) in [7, 11) is 1.95. The number of carbonyl (C=O) groups is 1. The number of unbranched alkanes of at least 4 members (excludes halogenated alkanes) is 1. The Morgan fingerprint density at radius 1 is 1.25 bits per heavy atom. The van der Waals surface area contributed by atoms with E-state index in [0.717, 1.165) is 25.2 Å². The van der Waals surface area contributed by atoms with Crippen LogP contribution in [0.15, 0.2) is 24.3 Å². The van der Waals surface area contributed by atoms with Crippen LogP contribution >= 0.6 is 23.2 Å². The zero-order valence-corrected chi connectivity index (χ0v) is 15.4. The van der Waals surface area contributed by atoms with E-state index in [0.29, 0.717) is 21.6 Å². The van der Waals surface area contributed by atoms with Gasteiger partial charge in [-0.05, 0) is 31.5 Å². The van der Waals surface area contributed by atoms with Crippen molar-refractivity contribution < 1.29 is 4.79 Å². The van der Waals surface area contributed by atoms with Crippen LogP contribution < -0.4 is 10.2 Å². The Labute approximate surface area is 152 Å². The normalized spacial score (nSPS) is 10.5. The third-order valence-electron chi connectivity index (χ3n) is 3.47. The van der Waals surface area contributed by atoms with Gasteiger partial charge in [-0.2, -0.15) is 0 Å². The third kappa shape index (κ3) is 4.82. The number of anilines is 2. The van der Waals surface area contributed by atoms with Crippen molar-refractivity contribution in [1.29, 1.82) is 0 Å². The Balaban J connectivity index is 2.23. The fraction of sp³-hybridized carbons (Fsp3) is 0.353. The number of hydrogen-bond acceptors (Lipinski definition) is 4. The second kappa shape index (κ2) is 8.31. The van der Waals surface area contributed by atoms with Gasteiger partial charge in [0.2, 0.25) is 0 Å². The molecule has 1 amide bonds. The lowest BCUT2D eigenvalue weighted by Gasteiger charge is -2.18. The van der Waals surface area contributed by atoms with E-state index in [1.807, 2.05) is 11.9 Å². The van der Waals surface area contributed by atoms with Gasteiger partial charge in [-0.3, -0.25) is 4.79 Å². The smallest absolute Gasteiger partial charge is 0.274 e. The topological polar surface area (TPSA) is 58.1 Å². The summed E-state index contributed by atoms with van der Waals surface area (Å²) in [6.45, 7) is 4.76. The number of carbonyl (C=O) groups excluding carboxylic acids is 1. The van der Waals surface area contributed by atoms with Crippen molar-refractivity contribution in [3.63, 3.8) is 0 Å². The molecule has 2 rings (SSSR count). The highest BCUT2D eigenvalue weighted by atomic mass is 35.5. The maximum absolute atomic E-state index is 12.5. The highest BCUT2D eigenvalue weighted by Crippen LogP contribution is 2.26. The summed E-state index contributed by atoms with van der Waals surface area (Å²) in [4.78, 5) is 23.1. The van der Waals surface area contributed by atoms with Crippen LogP contribution in [0.3, 0.4) is 0 Å². The molecule has 1 heterocycles. The fourth-order valence-electron chi connectivity index (χ4n) is 2.15. The van der Waals surface area contributed by atoms with E-state index in [1.54, 1.807) is 31.2 Å². The van der Waals surface area contributed by atoms with Crippen molar-refractivity contribution in [3.05, 3.63) is 45.8 Å². The largest absolute Gasteiger partial charge is 0.360 e. The fourth-order valence-corrected chi connectivity index (χ4v) is 2.49.